The SMILES string of the molecule is C#CC(C#N)=C(C)C. The third-order valence-electron chi connectivity index (χ3n) is 0.756. The molecule has 0 aliphatic heterocycles. The van der Waals surface area contributed by atoms with Crippen LogP contribution in [0.2, 0.25) is 0 Å². The highest BCUT2D eigenvalue weighted by molar-refractivity contribution is 5.41. The molecule has 0 saturated heterocycles. The number of nitriles is 1. The summed E-state index contributed by atoms with van der Waals surface area (Å²) in [5.74, 6) is 2.27. The summed E-state index contributed by atoms with van der Waals surface area (Å²) >= 11 is 0. The molecule has 0 atom stereocenters. The zero-order valence-electron chi connectivity index (χ0n) is 5.02. The van der Waals surface area contributed by atoms with Gasteiger partial charge in [0, 0.05) is 0 Å². The summed E-state index contributed by atoms with van der Waals surface area (Å²) in [6.45, 7) is 3.64. The second-order valence-electron chi connectivity index (χ2n) is 1.63. The largest absolute Gasteiger partial charge is 0.192 e. The molecule has 0 N–H and O–H groups in total. The van der Waals surface area contributed by atoms with Crippen LogP contribution in [0.15, 0.2) is 11.1 Å². The Morgan fingerprint density at radius 1 is 1.50 bits per heavy atom. The molecule has 0 amide bonds. The van der Waals surface area contributed by atoms with Crippen molar-refractivity contribution in [2.75, 3.05) is 0 Å². The third-order valence-corrected chi connectivity index (χ3v) is 0.756. The Bertz CT molecular complexity index is 165. The Kier molecular flexibility index (Phi) is 2.45. The Morgan fingerprint density at radius 2 is 2.00 bits per heavy atom. The zero-order valence-corrected chi connectivity index (χ0v) is 5.02. The fraction of sp³-hybridized carbons (Fsp3) is 0.286. The first kappa shape index (κ1) is 6.79. The van der Waals surface area contributed by atoms with Crippen LogP contribution in [0.3, 0.4) is 0 Å². The quantitative estimate of drug-likeness (QED) is 0.338. The molecule has 0 aromatic heterocycles. The minimum Gasteiger partial charge on any atom is -0.192 e. The van der Waals surface area contributed by atoms with E-state index in [1.54, 1.807) is 0 Å². The van der Waals surface area contributed by atoms with Gasteiger partial charge in [-0.3, -0.25) is 0 Å². The normalized spacial score (nSPS) is 6.50. The smallest absolute Gasteiger partial charge is 0.108 e. The van der Waals surface area contributed by atoms with Crippen LogP contribution >= 0.6 is 0 Å². The standard InChI is InChI=1S/C7H7N/c1-4-7(5-8)6(2)3/h1H,2-3H3. The van der Waals surface area contributed by atoms with E-state index in [1.165, 1.54) is 0 Å². The van der Waals surface area contributed by atoms with Crippen molar-refractivity contribution in [2.45, 2.75) is 13.8 Å². The lowest BCUT2D eigenvalue weighted by molar-refractivity contribution is 1.35. The second-order valence-corrected chi connectivity index (χ2v) is 1.63. The highest BCUT2D eigenvalue weighted by Gasteiger charge is 1.87. The van der Waals surface area contributed by atoms with Gasteiger partial charge in [0.05, 0.1) is 0 Å². The van der Waals surface area contributed by atoms with Crippen LogP contribution in [0.25, 0.3) is 0 Å². The number of rotatable bonds is 0. The molecular formula is C7H7N. The van der Waals surface area contributed by atoms with Gasteiger partial charge < -0.3 is 0 Å². The Labute approximate surface area is 49.6 Å². The van der Waals surface area contributed by atoms with Crippen molar-refractivity contribution in [1.82, 2.24) is 0 Å². The first-order valence-electron chi connectivity index (χ1n) is 2.26. The fourth-order valence-electron chi connectivity index (χ4n) is 0.288. The van der Waals surface area contributed by atoms with Crippen LogP contribution in [0.1, 0.15) is 13.8 Å². The molecule has 0 radical (unpaired) electrons. The summed E-state index contributed by atoms with van der Waals surface area (Å²) in [5, 5.41) is 8.25. The molecular weight excluding hydrogens is 98.1 g/mol. The lowest BCUT2D eigenvalue weighted by atomic mass is 10.2. The predicted octanol–water partition coefficient (Wildman–Crippen LogP) is 1.48. The van der Waals surface area contributed by atoms with Gasteiger partial charge in [0.15, 0.2) is 0 Å². The van der Waals surface area contributed by atoms with E-state index >= 15 is 0 Å². The van der Waals surface area contributed by atoms with E-state index in [1.807, 2.05) is 19.9 Å². The van der Waals surface area contributed by atoms with Gasteiger partial charge in [-0.25, -0.2) is 0 Å². The highest BCUT2D eigenvalue weighted by Crippen LogP contribution is 1.97. The van der Waals surface area contributed by atoms with Gasteiger partial charge in [0.2, 0.25) is 0 Å². The van der Waals surface area contributed by atoms with Gasteiger partial charge in [0.1, 0.15) is 11.6 Å². The van der Waals surface area contributed by atoms with Crippen LogP contribution in [-0.4, -0.2) is 0 Å². The van der Waals surface area contributed by atoms with Crippen LogP contribution in [0.4, 0.5) is 0 Å². The van der Waals surface area contributed by atoms with Gasteiger partial charge in [-0.15, -0.1) is 6.42 Å². The van der Waals surface area contributed by atoms with Gasteiger partial charge in [-0.2, -0.15) is 5.26 Å². The molecule has 1 nitrogen and oxygen atoms in total. The van der Waals surface area contributed by atoms with Crippen molar-refractivity contribution >= 4 is 0 Å². The van der Waals surface area contributed by atoms with Gasteiger partial charge in [-0.1, -0.05) is 11.5 Å². The molecule has 0 rings (SSSR count). The van der Waals surface area contributed by atoms with Crippen molar-refractivity contribution < 1.29 is 0 Å². The number of hydrogen-bond donors (Lipinski definition) is 0. The summed E-state index contributed by atoms with van der Waals surface area (Å²) in [6.07, 6.45) is 4.95. The summed E-state index contributed by atoms with van der Waals surface area (Å²) in [4.78, 5) is 0. The summed E-state index contributed by atoms with van der Waals surface area (Å²) in [5.41, 5.74) is 1.33. The molecule has 0 unspecified atom stereocenters. The molecule has 0 bridgehead atoms. The maximum atomic E-state index is 8.25. The zero-order chi connectivity index (χ0) is 6.57. The summed E-state index contributed by atoms with van der Waals surface area (Å²) in [7, 11) is 0. The lowest BCUT2D eigenvalue weighted by Gasteiger charge is -1.84. The minimum absolute atomic E-state index is 0.435. The van der Waals surface area contributed by atoms with E-state index in [0.29, 0.717) is 5.57 Å². The molecule has 0 aliphatic rings. The maximum Gasteiger partial charge on any atom is 0.108 e. The third kappa shape index (κ3) is 1.49. The molecule has 0 aromatic carbocycles. The van der Waals surface area contributed by atoms with Crippen molar-refractivity contribution in [3.8, 4) is 18.4 Å². The molecule has 0 heterocycles. The van der Waals surface area contributed by atoms with E-state index in [9.17, 15) is 0 Å². The number of hydrogen-bond acceptors (Lipinski definition) is 1. The summed E-state index contributed by atoms with van der Waals surface area (Å²) in [6, 6.07) is 1.89. The molecule has 0 aliphatic carbocycles. The average Bonchev–Trinajstić information content (AvgIpc) is 1.69. The van der Waals surface area contributed by atoms with Crippen molar-refractivity contribution in [3.05, 3.63) is 11.1 Å². The van der Waals surface area contributed by atoms with Crippen molar-refractivity contribution in [1.29, 1.82) is 5.26 Å². The first-order valence-corrected chi connectivity index (χ1v) is 2.26. The van der Waals surface area contributed by atoms with Gasteiger partial charge in [0.25, 0.3) is 0 Å². The van der Waals surface area contributed by atoms with Crippen molar-refractivity contribution in [3.63, 3.8) is 0 Å². The molecule has 8 heavy (non-hydrogen) atoms. The topological polar surface area (TPSA) is 23.8 Å². The van der Waals surface area contributed by atoms with Crippen LogP contribution in [-0.2, 0) is 0 Å². The highest BCUT2D eigenvalue weighted by atomic mass is 14.2. The number of allylic oxidation sites excluding steroid dienone is 2. The number of terminal acetylenes is 1. The molecule has 0 aromatic rings. The van der Waals surface area contributed by atoms with E-state index in [-0.39, 0.29) is 0 Å². The predicted molar refractivity (Wildman–Crippen MR) is 32.8 cm³/mol. The van der Waals surface area contributed by atoms with Gasteiger partial charge in [-0.05, 0) is 13.8 Å². The van der Waals surface area contributed by atoms with Crippen molar-refractivity contribution in [2.24, 2.45) is 0 Å². The molecule has 0 spiro atoms. The maximum absolute atomic E-state index is 8.25. The Morgan fingerprint density at radius 3 is 2.00 bits per heavy atom. The summed E-state index contributed by atoms with van der Waals surface area (Å²) < 4.78 is 0. The van der Waals surface area contributed by atoms with E-state index < -0.39 is 0 Å². The Hall–Kier alpha value is -1.21. The monoisotopic (exact) mass is 105 g/mol. The fourth-order valence-corrected chi connectivity index (χ4v) is 0.288. The second kappa shape index (κ2) is 2.88. The molecule has 0 saturated carbocycles. The number of nitrogens with zero attached hydrogens (tertiary/aromatic N) is 1. The van der Waals surface area contributed by atoms with E-state index in [4.69, 9.17) is 11.7 Å². The van der Waals surface area contributed by atoms with Gasteiger partial charge >= 0.3 is 0 Å². The van der Waals surface area contributed by atoms with E-state index in [2.05, 4.69) is 5.92 Å². The first-order chi connectivity index (χ1) is 3.72. The molecule has 40 valence electrons. The van der Waals surface area contributed by atoms with Crippen LogP contribution < -0.4 is 0 Å². The minimum atomic E-state index is 0.435. The van der Waals surface area contributed by atoms with Crippen LogP contribution in [0.5, 0.6) is 0 Å². The average molecular weight is 105 g/mol. The molecule has 0 fully saturated rings. The van der Waals surface area contributed by atoms with E-state index in [0.717, 1.165) is 5.57 Å². The Balaban J connectivity index is 4.47. The molecule has 1 heteroatoms. The van der Waals surface area contributed by atoms with Crippen LogP contribution in [0, 0.1) is 23.7 Å². The lowest BCUT2D eigenvalue weighted by Crippen LogP contribution is -1.74.